The minimum atomic E-state index is -0.370. The first-order valence-electron chi connectivity index (χ1n) is 6.17. The van der Waals surface area contributed by atoms with Crippen LogP contribution in [0.15, 0.2) is 17.7 Å². The number of thiazole rings is 1. The van der Waals surface area contributed by atoms with E-state index >= 15 is 0 Å². The lowest BCUT2D eigenvalue weighted by atomic mass is 10.2. The first-order valence-corrected chi connectivity index (χ1v) is 7.43. The number of esters is 1. The van der Waals surface area contributed by atoms with E-state index in [4.69, 9.17) is 11.6 Å². The van der Waals surface area contributed by atoms with Crippen molar-refractivity contribution in [3.05, 3.63) is 28.5 Å². The van der Waals surface area contributed by atoms with Crippen LogP contribution in [0.3, 0.4) is 0 Å². The van der Waals surface area contributed by atoms with Crippen LogP contribution in [-0.2, 0) is 14.3 Å². The number of methoxy groups -OCH3 is 1. The van der Waals surface area contributed by atoms with Crippen LogP contribution in [0.5, 0.6) is 0 Å². The first-order chi connectivity index (χ1) is 10.0. The summed E-state index contributed by atoms with van der Waals surface area (Å²) >= 11 is 7.47. The van der Waals surface area contributed by atoms with E-state index in [0.29, 0.717) is 10.8 Å². The minimum absolute atomic E-state index is 0.123. The number of fused-ring (bicyclic) bond motifs is 1. The molecular weight excluding hydrogens is 314 g/mol. The van der Waals surface area contributed by atoms with Crippen LogP contribution in [-0.4, -0.2) is 34.4 Å². The number of hydrogen-bond donors (Lipinski definition) is 1. The molecule has 1 N–H and O–H groups in total. The summed E-state index contributed by atoms with van der Waals surface area (Å²) in [6, 6.07) is -0.309. The quantitative estimate of drug-likeness (QED) is 0.674. The zero-order valence-electron chi connectivity index (χ0n) is 11.5. The van der Waals surface area contributed by atoms with E-state index in [1.165, 1.54) is 24.5 Å². The van der Waals surface area contributed by atoms with Gasteiger partial charge in [-0.15, -0.1) is 11.3 Å². The third kappa shape index (κ3) is 3.83. The molecule has 2 aromatic heterocycles. The van der Waals surface area contributed by atoms with Crippen LogP contribution in [0, 0.1) is 0 Å². The number of rotatable bonds is 5. The van der Waals surface area contributed by atoms with Crippen LogP contribution < -0.4 is 5.32 Å². The van der Waals surface area contributed by atoms with Crippen LogP contribution >= 0.6 is 22.9 Å². The molecule has 1 atom stereocenters. The summed E-state index contributed by atoms with van der Waals surface area (Å²) in [5.41, 5.74) is 0.642. The van der Waals surface area contributed by atoms with Crippen molar-refractivity contribution in [1.29, 1.82) is 0 Å². The van der Waals surface area contributed by atoms with E-state index < -0.39 is 0 Å². The Morgan fingerprint density at radius 3 is 3.10 bits per heavy atom. The van der Waals surface area contributed by atoms with Crippen molar-refractivity contribution in [3.8, 4) is 0 Å². The smallest absolute Gasteiger partial charge is 0.307 e. The summed E-state index contributed by atoms with van der Waals surface area (Å²) in [7, 11) is 1.31. The molecule has 0 fully saturated rings. The van der Waals surface area contributed by atoms with Gasteiger partial charge in [0.05, 0.1) is 19.2 Å². The van der Waals surface area contributed by atoms with Gasteiger partial charge in [0.2, 0.25) is 5.91 Å². The van der Waals surface area contributed by atoms with Crippen LogP contribution in [0.4, 0.5) is 0 Å². The average molecular weight is 328 g/mol. The van der Waals surface area contributed by atoms with Gasteiger partial charge in [-0.2, -0.15) is 0 Å². The van der Waals surface area contributed by atoms with Gasteiger partial charge in [0.25, 0.3) is 0 Å². The lowest BCUT2D eigenvalue weighted by molar-refractivity contribution is -0.141. The highest BCUT2D eigenvalue weighted by Gasteiger charge is 2.12. The van der Waals surface area contributed by atoms with Crippen molar-refractivity contribution in [3.63, 3.8) is 0 Å². The second-order valence-corrected chi connectivity index (χ2v) is 5.60. The molecule has 21 heavy (non-hydrogen) atoms. The van der Waals surface area contributed by atoms with Crippen molar-refractivity contribution in [2.75, 3.05) is 7.11 Å². The number of halogens is 1. The third-order valence-corrected chi connectivity index (χ3v) is 3.77. The number of carbonyl (C=O) groups excluding carboxylic acids is 2. The van der Waals surface area contributed by atoms with Crippen molar-refractivity contribution < 1.29 is 14.3 Å². The van der Waals surface area contributed by atoms with Crippen molar-refractivity contribution >= 4 is 45.9 Å². The molecule has 0 aliphatic carbocycles. The van der Waals surface area contributed by atoms with E-state index in [0.717, 1.165) is 4.96 Å². The maximum Gasteiger partial charge on any atom is 0.307 e. The molecule has 2 rings (SSSR count). The average Bonchev–Trinajstić information content (AvgIpc) is 2.96. The summed E-state index contributed by atoms with van der Waals surface area (Å²) in [6.07, 6.45) is 4.91. The number of ether oxygens (including phenoxy) is 1. The Labute approximate surface area is 130 Å². The molecule has 0 bridgehead atoms. The van der Waals surface area contributed by atoms with E-state index in [1.54, 1.807) is 17.4 Å². The van der Waals surface area contributed by atoms with Gasteiger partial charge in [0.15, 0.2) is 10.1 Å². The van der Waals surface area contributed by atoms with E-state index in [1.807, 2.05) is 11.6 Å². The highest BCUT2D eigenvalue weighted by Crippen LogP contribution is 2.22. The van der Waals surface area contributed by atoms with Crippen molar-refractivity contribution in [2.45, 2.75) is 19.4 Å². The first kappa shape index (κ1) is 15.5. The molecule has 1 unspecified atom stereocenters. The predicted molar refractivity (Wildman–Crippen MR) is 81.4 cm³/mol. The number of carbonyl (C=O) groups is 2. The zero-order chi connectivity index (χ0) is 15.4. The minimum Gasteiger partial charge on any atom is -0.469 e. The third-order valence-electron chi connectivity index (χ3n) is 2.74. The number of hydrogen-bond acceptors (Lipinski definition) is 5. The summed E-state index contributed by atoms with van der Waals surface area (Å²) in [4.78, 5) is 27.8. The summed E-state index contributed by atoms with van der Waals surface area (Å²) in [5.74, 6) is -0.682. The highest BCUT2D eigenvalue weighted by atomic mass is 35.5. The molecule has 2 heterocycles. The molecule has 0 aliphatic heterocycles. The van der Waals surface area contributed by atoms with E-state index in [2.05, 4.69) is 15.0 Å². The van der Waals surface area contributed by atoms with Crippen molar-refractivity contribution in [2.24, 2.45) is 0 Å². The van der Waals surface area contributed by atoms with Gasteiger partial charge in [-0.1, -0.05) is 11.6 Å². The highest BCUT2D eigenvalue weighted by molar-refractivity contribution is 7.15. The monoisotopic (exact) mass is 327 g/mol. The number of nitrogens with zero attached hydrogens (tertiary/aromatic N) is 2. The van der Waals surface area contributed by atoms with Gasteiger partial charge in [0.1, 0.15) is 0 Å². The van der Waals surface area contributed by atoms with Crippen LogP contribution in [0.1, 0.15) is 19.0 Å². The topological polar surface area (TPSA) is 72.7 Å². The molecule has 0 saturated heterocycles. The molecule has 0 saturated carbocycles. The SMILES string of the molecule is COC(=O)CC(C)NC(=O)/C=C/c1c(Cl)nc2sccn12. The normalized spacial score (nSPS) is 12.7. The van der Waals surface area contributed by atoms with E-state index in [-0.39, 0.29) is 24.3 Å². The number of imidazole rings is 1. The maximum absolute atomic E-state index is 11.8. The summed E-state index contributed by atoms with van der Waals surface area (Å²) in [5, 5.41) is 4.90. The molecule has 0 spiro atoms. The zero-order valence-corrected chi connectivity index (χ0v) is 13.1. The fourth-order valence-corrected chi connectivity index (χ4v) is 2.76. The van der Waals surface area contributed by atoms with Gasteiger partial charge in [-0.05, 0) is 13.0 Å². The Morgan fingerprint density at radius 2 is 2.38 bits per heavy atom. The molecule has 2 aromatic rings. The largest absolute Gasteiger partial charge is 0.469 e. The Balaban J connectivity index is 2.00. The Bertz CT molecular complexity index is 692. The molecule has 0 aromatic carbocycles. The molecular formula is C13H14ClN3O3S. The molecule has 6 nitrogen and oxygen atoms in total. The van der Waals surface area contributed by atoms with Gasteiger partial charge in [-0.3, -0.25) is 14.0 Å². The Hall–Kier alpha value is -1.86. The number of amides is 1. The molecule has 0 aliphatic rings. The van der Waals surface area contributed by atoms with Crippen LogP contribution in [0.25, 0.3) is 11.0 Å². The van der Waals surface area contributed by atoms with E-state index in [9.17, 15) is 9.59 Å². The maximum atomic E-state index is 11.8. The number of aromatic nitrogens is 2. The van der Waals surface area contributed by atoms with Crippen LogP contribution in [0.2, 0.25) is 5.15 Å². The van der Waals surface area contributed by atoms with Gasteiger partial charge in [0, 0.05) is 23.7 Å². The fraction of sp³-hybridized carbons (Fsp3) is 0.308. The predicted octanol–water partition coefficient (Wildman–Crippen LogP) is 2.13. The fourth-order valence-electron chi connectivity index (χ4n) is 1.76. The Kier molecular flexibility index (Phi) is 4.98. The molecule has 1 amide bonds. The van der Waals surface area contributed by atoms with Crippen molar-refractivity contribution in [1.82, 2.24) is 14.7 Å². The van der Waals surface area contributed by atoms with Gasteiger partial charge >= 0.3 is 5.97 Å². The standard InChI is InChI=1S/C13H14ClN3O3S/c1-8(7-11(19)20-2)15-10(18)4-3-9-12(14)16-13-17(9)5-6-21-13/h3-6,8H,7H2,1-2H3,(H,15,18)/b4-3+. The second-order valence-electron chi connectivity index (χ2n) is 4.37. The summed E-state index contributed by atoms with van der Waals surface area (Å²) in [6.45, 7) is 1.73. The lowest BCUT2D eigenvalue weighted by Gasteiger charge is -2.10. The van der Waals surface area contributed by atoms with Gasteiger partial charge < -0.3 is 10.1 Å². The second kappa shape index (κ2) is 6.73. The molecule has 8 heteroatoms. The number of nitrogens with one attached hydrogen (secondary N) is 1. The molecule has 0 radical (unpaired) electrons. The lowest BCUT2D eigenvalue weighted by Crippen LogP contribution is -2.33. The molecule has 112 valence electrons. The van der Waals surface area contributed by atoms with Gasteiger partial charge in [-0.25, -0.2) is 4.98 Å². The summed E-state index contributed by atoms with van der Waals surface area (Å²) < 4.78 is 6.34. The Morgan fingerprint density at radius 1 is 1.62 bits per heavy atom.